The Balaban J connectivity index is 1.61. The maximum Gasteiger partial charge on any atom is 0.416 e. The normalized spacial score (nSPS) is 29.2. The molecule has 4 nitrogen and oxygen atoms in total. The number of hydrogen-bond donors (Lipinski definition) is 1. The number of hydrogen-bond acceptors (Lipinski definition) is 4. The SMILES string of the molecule is C[C@]1(COCc2ccccc2)[C@@](C)(COCc2c(C(F)(F)F)cccc2C(F)(F)F)C(=O)[C@@H]2C=CC[C@@]21O. The van der Waals surface area contributed by atoms with Crippen LogP contribution in [0.4, 0.5) is 26.3 Å². The van der Waals surface area contributed by atoms with E-state index in [-0.39, 0.29) is 19.6 Å². The molecule has 0 amide bonds. The van der Waals surface area contributed by atoms with Gasteiger partial charge in [0.05, 0.1) is 54.5 Å². The van der Waals surface area contributed by atoms with Crippen molar-refractivity contribution >= 4 is 5.78 Å². The summed E-state index contributed by atoms with van der Waals surface area (Å²) >= 11 is 0. The van der Waals surface area contributed by atoms with Crippen LogP contribution in [0.3, 0.4) is 0 Å². The van der Waals surface area contributed by atoms with E-state index in [2.05, 4.69) is 0 Å². The van der Waals surface area contributed by atoms with E-state index in [0.29, 0.717) is 18.2 Å². The number of alkyl halides is 6. The third-order valence-electron chi connectivity index (χ3n) is 8.20. The summed E-state index contributed by atoms with van der Waals surface area (Å²) in [7, 11) is 0. The molecule has 1 N–H and O–H groups in total. The van der Waals surface area contributed by atoms with Gasteiger partial charge in [0, 0.05) is 11.0 Å². The van der Waals surface area contributed by atoms with Crippen molar-refractivity contribution in [2.45, 2.75) is 51.4 Å². The second-order valence-electron chi connectivity index (χ2n) is 10.4. The fourth-order valence-electron chi connectivity index (χ4n) is 5.73. The quantitative estimate of drug-likeness (QED) is 0.312. The number of ketones is 1. The highest BCUT2D eigenvalue weighted by Gasteiger charge is 2.72. The first-order valence-electron chi connectivity index (χ1n) is 12.0. The lowest BCUT2D eigenvalue weighted by Crippen LogP contribution is -2.54. The van der Waals surface area contributed by atoms with Gasteiger partial charge in [-0.3, -0.25) is 4.79 Å². The minimum absolute atomic E-state index is 0.0882. The molecule has 0 heterocycles. The largest absolute Gasteiger partial charge is 0.416 e. The summed E-state index contributed by atoms with van der Waals surface area (Å²) in [6.07, 6.45) is -6.65. The first-order chi connectivity index (χ1) is 17.7. The van der Waals surface area contributed by atoms with Gasteiger partial charge in [-0.25, -0.2) is 0 Å². The van der Waals surface area contributed by atoms with E-state index >= 15 is 0 Å². The molecule has 0 spiro atoms. The summed E-state index contributed by atoms with van der Waals surface area (Å²) in [5.41, 5.74) is -7.36. The van der Waals surface area contributed by atoms with E-state index < -0.39 is 70.4 Å². The van der Waals surface area contributed by atoms with E-state index in [1.807, 2.05) is 30.3 Å². The van der Waals surface area contributed by atoms with Crippen LogP contribution in [-0.4, -0.2) is 29.7 Å². The Kier molecular flexibility index (Phi) is 7.31. The van der Waals surface area contributed by atoms with Crippen LogP contribution in [0.25, 0.3) is 0 Å². The zero-order valence-corrected chi connectivity index (χ0v) is 20.8. The van der Waals surface area contributed by atoms with Crippen LogP contribution in [0.2, 0.25) is 0 Å². The fourth-order valence-corrected chi connectivity index (χ4v) is 5.73. The Bertz CT molecular complexity index is 1180. The fraction of sp³-hybridized carbons (Fsp3) is 0.464. The third kappa shape index (κ3) is 4.67. The average Bonchev–Trinajstić information content (AvgIpc) is 3.29. The van der Waals surface area contributed by atoms with Crippen molar-refractivity contribution in [2.24, 2.45) is 16.7 Å². The molecule has 2 aromatic carbocycles. The van der Waals surface area contributed by atoms with E-state index in [1.165, 1.54) is 6.92 Å². The van der Waals surface area contributed by atoms with Crippen molar-refractivity contribution in [3.63, 3.8) is 0 Å². The molecule has 2 aliphatic carbocycles. The Morgan fingerprint density at radius 2 is 1.45 bits per heavy atom. The molecule has 0 bridgehead atoms. The Hall–Kier alpha value is -2.69. The highest BCUT2D eigenvalue weighted by molar-refractivity contribution is 5.94. The predicted octanol–water partition coefficient (Wildman–Crippen LogP) is 6.36. The number of ether oxygens (including phenoxy) is 2. The highest BCUT2D eigenvalue weighted by Crippen LogP contribution is 2.62. The monoisotopic (exact) mass is 542 g/mol. The highest BCUT2D eigenvalue weighted by atomic mass is 19.4. The maximum absolute atomic E-state index is 13.6. The van der Waals surface area contributed by atoms with Crippen LogP contribution in [0.1, 0.15) is 42.5 Å². The average molecular weight is 543 g/mol. The maximum atomic E-state index is 13.6. The van der Waals surface area contributed by atoms with Crippen LogP contribution in [0, 0.1) is 16.7 Å². The van der Waals surface area contributed by atoms with Crippen molar-refractivity contribution in [1.82, 2.24) is 0 Å². The summed E-state index contributed by atoms with van der Waals surface area (Å²) in [6.45, 7) is 1.74. The van der Waals surface area contributed by atoms with Crippen LogP contribution >= 0.6 is 0 Å². The first kappa shape index (κ1) is 28.3. The molecular formula is C28H28F6O4. The Morgan fingerprint density at radius 1 is 0.868 bits per heavy atom. The molecule has 206 valence electrons. The van der Waals surface area contributed by atoms with Crippen molar-refractivity contribution in [3.05, 3.63) is 82.9 Å². The lowest BCUT2D eigenvalue weighted by molar-refractivity contribution is -0.161. The molecule has 0 saturated heterocycles. The molecule has 38 heavy (non-hydrogen) atoms. The van der Waals surface area contributed by atoms with Gasteiger partial charge < -0.3 is 14.6 Å². The summed E-state index contributed by atoms with van der Waals surface area (Å²) < 4.78 is 92.8. The van der Waals surface area contributed by atoms with Crippen molar-refractivity contribution < 1.29 is 45.7 Å². The number of carbonyl (C=O) groups excluding carboxylic acids is 1. The van der Waals surface area contributed by atoms with Gasteiger partial charge in [-0.2, -0.15) is 26.3 Å². The van der Waals surface area contributed by atoms with Crippen molar-refractivity contribution in [3.8, 4) is 0 Å². The molecule has 2 aromatic rings. The lowest BCUT2D eigenvalue weighted by Gasteiger charge is -2.46. The molecule has 0 radical (unpaired) electrons. The van der Waals surface area contributed by atoms with E-state index in [0.717, 1.165) is 5.56 Å². The number of Topliss-reactive ketones (excluding diaryl/α,β-unsaturated/α-hetero) is 1. The molecular weight excluding hydrogens is 514 g/mol. The topological polar surface area (TPSA) is 55.8 Å². The number of benzene rings is 2. The third-order valence-corrected chi connectivity index (χ3v) is 8.20. The number of halogens is 6. The van der Waals surface area contributed by atoms with Gasteiger partial charge >= 0.3 is 12.4 Å². The standard InChI is InChI=1S/C28H28F6O4/c1-24(16-38-15-19-20(27(29,30)31)10-6-11-21(19)28(32,33)34)23(35)22-12-7-13-26(22,36)25(24,2)17-37-14-18-8-4-3-5-9-18/h3-12,22,36H,13-17H2,1-2H3/t22-,24-,25-,26+/m0/s1. The second-order valence-corrected chi connectivity index (χ2v) is 10.4. The molecule has 0 aliphatic heterocycles. The Morgan fingerprint density at radius 3 is 2.03 bits per heavy atom. The molecule has 0 unspecified atom stereocenters. The Labute approximate surface area is 216 Å². The van der Waals surface area contributed by atoms with Crippen LogP contribution in [0.5, 0.6) is 0 Å². The summed E-state index contributed by atoms with van der Waals surface area (Å²) in [6, 6.07) is 11.0. The van der Waals surface area contributed by atoms with Crippen molar-refractivity contribution in [2.75, 3.05) is 13.2 Å². The van der Waals surface area contributed by atoms with Crippen molar-refractivity contribution in [1.29, 1.82) is 0 Å². The molecule has 4 atom stereocenters. The zero-order valence-electron chi connectivity index (χ0n) is 20.8. The van der Waals surface area contributed by atoms with Gasteiger partial charge in [-0.15, -0.1) is 0 Å². The molecule has 0 aromatic heterocycles. The predicted molar refractivity (Wildman–Crippen MR) is 126 cm³/mol. The van der Waals surface area contributed by atoms with Gasteiger partial charge in [0.25, 0.3) is 0 Å². The van der Waals surface area contributed by atoms with Gasteiger partial charge in [0.2, 0.25) is 0 Å². The van der Waals surface area contributed by atoms with Gasteiger partial charge in [-0.05, 0) is 31.0 Å². The summed E-state index contributed by atoms with van der Waals surface area (Å²) in [5, 5.41) is 11.7. The zero-order chi connectivity index (χ0) is 28.0. The number of aliphatic hydroxyl groups is 1. The van der Waals surface area contributed by atoms with Crippen LogP contribution < -0.4 is 0 Å². The molecule has 4 rings (SSSR count). The lowest BCUT2D eigenvalue weighted by atomic mass is 9.62. The van der Waals surface area contributed by atoms with E-state index in [9.17, 15) is 36.2 Å². The van der Waals surface area contributed by atoms with Gasteiger partial charge in [-0.1, -0.05) is 55.5 Å². The molecule has 2 aliphatic rings. The number of fused-ring (bicyclic) bond motifs is 1. The van der Waals surface area contributed by atoms with Crippen LogP contribution in [-0.2, 0) is 39.8 Å². The van der Waals surface area contributed by atoms with E-state index in [1.54, 1.807) is 19.1 Å². The number of carbonyl (C=O) groups is 1. The van der Waals surface area contributed by atoms with E-state index in [4.69, 9.17) is 9.47 Å². The van der Waals surface area contributed by atoms with Gasteiger partial charge in [0.15, 0.2) is 5.78 Å². The molecule has 1 fully saturated rings. The molecule has 1 saturated carbocycles. The first-order valence-corrected chi connectivity index (χ1v) is 12.0. The summed E-state index contributed by atoms with van der Waals surface area (Å²) in [5.74, 6) is -1.30. The number of rotatable bonds is 8. The smallest absolute Gasteiger partial charge is 0.388 e. The van der Waals surface area contributed by atoms with Crippen LogP contribution in [0.15, 0.2) is 60.7 Å². The molecule has 10 heteroatoms. The summed E-state index contributed by atoms with van der Waals surface area (Å²) in [4.78, 5) is 13.6. The minimum Gasteiger partial charge on any atom is -0.388 e. The second kappa shape index (κ2) is 9.81. The van der Waals surface area contributed by atoms with Gasteiger partial charge in [0.1, 0.15) is 0 Å². The minimum atomic E-state index is -5.04.